The van der Waals surface area contributed by atoms with Gasteiger partial charge in [0.2, 0.25) is 5.95 Å². The zero-order valence-electron chi connectivity index (χ0n) is 15.1. The maximum absolute atomic E-state index is 12.5. The molecule has 12 heteroatoms. The van der Waals surface area contributed by atoms with E-state index >= 15 is 0 Å². The number of hydrogen-bond acceptors (Lipinski definition) is 8. The van der Waals surface area contributed by atoms with Gasteiger partial charge in [0.25, 0.3) is 11.2 Å². The van der Waals surface area contributed by atoms with E-state index in [1.54, 1.807) is 0 Å². The van der Waals surface area contributed by atoms with E-state index in [4.69, 9.17) is 0 Å². The highest BCUT2D eigenvalue weighted by Gasteiger charge is 2.18. The maximum Gasteiger partial charge on any atom is 0.332 e. The molecular weight excluding hydrogens is 370 g/mol. The van der Waals surface area contributed by atoms with E-state index < -0.39 is 16.2 Å². The molecule has 12 nitrogen and oxygen atoms in total. The summed E-state index contributed by atoms with van der Waals surface area (Å²) in [5.41, 5.74) is 2.51. The van der Waals surface area contributed by atoms with Gasteiger partial charge in [0.05, 0.1) is 17.7 Å². The first-order chi connectivity index (χ1) is 13.3. The van der Waals surface area contributed by atoms with E-state index in [2.05, 4.69) is 15.5 Å². The molecule has 0 aliphatic carbocycles. The van der Waals surface area contributed by atoms with Crippen LogP contribution in [-0.4, -0.2) is 41.5 Å². The van der Waals surface area contributed by atoms with Crippen molar-refractivity contribution in [3.63, 3.8) is 0 Å². The Labute approximate surface area is 157 Å². The Kier molecular flexibility index (Phi) is 5.04. The van der Waals surface area contributed by atoms with Crippen molar-refractivity contribution in [3.8, 4) is 0 Å². The SMILES string of the molecule is Cn1c(=O)c2c(nc(N/N=C/c3ccc([N+](=O)[O-])cc3)n2CCO)n(C)c1=O. The van der Waals surface area contributed by atoms with Crippen molar-refractivity contribution in [2.45, 2.75) is 6.54 Å². The zero-order chi connectivity index (χ0) is 20.4. The molecule has 2 aromatic heterocycles. The molecule has 0 fully saturated rings. The molecule has 0 unspecified atom stereocenters. The molecule has 0 spiro atoms. The highest BCUT2D eigenvalue weighted by molar-refractivity contribution is 5.81. The number of non-ortho nitro benzene ring substituents is 1. The first-order valence-electron chi connectivity index (χ1n) is 8.15. The lowest BCUT2D eigenvalue weighted by Gasteiger charge is -2.07. The Bertz CT molecular complexity index is 1190. The van der Waals surface area contributed by atoms with Crippen LogP contribution in [0.4, 0.5) is 11.6 Å². The van der Waals surface area contributed by atoms with Gasteiger partial charge in [0.1, 0.15) is 0 Å². The third-order valence-corrected chi connectivity index (χ3v) is 4.15. The molecule has 0 saturated heterocycles. The predicted octanol–water partition coefficient (Wildman–Crippen LogP) is -0.220. The fourth-order valence-electron chi connectivity index (χ4n) is 2.70. The third-order valence-electron chi connectivity index (χ3n) is 4.15. The number of benzene rings is 1. The quantitative estimate of drug-likeness (QED) is 0.337. The summed E-state index contributed by atoms with van der Waals surface area (Å²) in [5.74, 6) is 0.167. The molecule has 146 valence electrons. The number of nitro benzene ring substituents is 1. The maximum atomic E-state index is 12.5. The van der Waals surface area contributed by atoms with Gasteiger partial charge < -0.3 is 9.67 Å². The lowest BCUT2D eigenvalue weighted by Crippen LogP contribution is -2.37. The Morgan fingerprint density at radius 3 is 2.54 bits per heavy atom. The summed E-state index contributed by atoms with van der Waals surface area (Å²) < 4.78 is 3.63. The first kappa shape index (κ1) is 19.0. The van der Waals surface area contributed by atoms with Gasteiger partial charge in [-0.1, -0.05) is 0 Å². The van der Waals surface area contributed by atoms with E-state index in [9.17, 15) is 24.8 Å². The summed E-state index contributed by atoms with van der Waals surface area (Å²) in [5, 5.41) is 24.0. The minimum absolute atomic E-state index is 0.0355. The molecule has 3 rings (SSSR count). The Morgan fingerprint density at radius 1 is 1.25 bits per heavy atom. The number of aromatic nitrogens is 4. The summed E-state index contributed by atoms with van der Waals surface area (Å²) >= 11 is 0. The van der Waals surface area contributed by atoms with E-state index in [1.807, 2.05) is 0 Å². The van der Waals surface area contributed by atoms with Crippen LogP contribution in [0.2, 0.25) is 0 Å². The van der Waals surface area contributed by atoms with Gasteiger partial charge in [0, 0.05) is 32.8 Å². The average molecular weight is 387 g/mol. The average Bonchev–Trinajstić information content (AvgIpc) is 3.04. The number of hydrazone groups is 1. The van der Waals surface area contributed by atoms with Gasteiger partial charge in [-0.15, -0.1) is 0 Å². The van der Waals surface area contributed by atoms with Gasteiger partial charge in [-0.05, 0) is 17.7 Å². The second-order valence-electron chi connectivity index (χ2n) is 5.91. The van der Waals surface area contributed by atoms with Gasteiger partial charge in [-0.25, -0.2) is 10.2 Å². The topological polar surface area (TPSA) is 150 Å². The highest BCUT2D eigenvalue weighted by Crippen LogP contribution is 2.15. The van der Waals surface area contributed by atoms with E-state index in [0.29, 0.717) is 5.56 Å². The number of nitro groups is 1. The normalized spacial score (nSPS) is 11.4. The number of aryl methyl sites for hydroxylation is 1. The molecule has 2 N–H and O–H groups in total. The largest absolute Gasteiger partial charge is 0.395 e. The Balaban J connectivity index is 1.98. The van der Waals surface area contributed by atoms with Crippen molar-refractivity contribution in [1.82, 2.24) is 18.7 Å². The molecule has 3 aromatic rings. The van der Waals surface area contributed by atoms with E-state index in [1.165, 1.54) is 53.7 Å². The molecule has 0 atom stereocenters. The third kappa shape index (κ3) is 3.27. The monoisotopic (exact) mass is 387 g/mol. The molecular formula is C16H17N7O5. The van der Waals surface area contributed by atoms with Crippen LogP contribution in [0, 0.1) is 10.1 Å². The molecule has 28 heavy (non-hydrogen) atoms. The number of anilines is 1. The van der Waals surface area contributed by atoms with Crippen LogP contribution in [0.25, 0.3) is 11.2 Å². The number of nitrogens with zero attached hydrogens (tertiary/aromatic N) is 6. The fraction of sp³-hybridized carbons (Fsp3) is 0.250. The number of hydrogen-bond donors (Lipinski definition) is 2. The number of aliphatic hydroxyl groups excluding tert-OH is 1. The van der Waals surface area contributed by atoms with Crippen molar-refractivity contribution in [1.29, 1.82) is 0 Å². The van der Waals surface area contributed by atoms with Crippen LogP contribution in [-0.2, 0) is 20.6 Å². The molecule has 0 radical (unpaired) electrons. The van der Waals surface area contributed by atoms with E-state index in [-0.39, 0.29) is 36.0 Å². The minimum atomic E-state index is -0.536. The number of imidazole rings is 1. The molecule has 2 heterocycles. The molecule has 0 aliphatic rings. The van der Waals surface area contributed by atoms with Crippen LogP contribution >= 0.6 is 0 Å². The lowest BCUT2D eigenvalue weighted by atomic mass is 10.2. The van der Waals surface area contributed by atoms with E-state index in [0.717, 1.165) is 4.57 Å². The Morgan fingerprint density at radius 2 is 1.93 bits per heavy atom. The van der Waals surface area contributed by atoms with Gasteiger partial charge in [0.15, 0.2) is 11.2 Å². The smallest absolute Gasteiger partial charge is 0.332 e. The second-order valence-corrected chi connectivity index (χ2v) is 5.91. The highest BCUT2D eigenvalue weighted by atomic mass is 16.6. The molecule has 0 bridgehead atoms. The standard InChI is InChI=1S/C16H17N7O5/c1-20-13-12(14(25)21(2)16(20)26)22(7-8-24)15(18-13)19-17-9-10-3-5-11(6-4-10)23(27)28/h3-6,9,24H,7-8H2,1-2H3,(H,18,19)/b17-9+. The first-order valence-corrected chi connectivity index (χ1v) is 8.15. The van der Waals surface area contributed by atoms with Crippen molar-refractivity contribution in [2.75, 3.05) is 12.0 Å². The Hall–Kier alpha value is -3.80. The van der Waals surface area contributed by atoms with Gasteiger partial charge >= 0.3 is 5.69 Å². The van der Waals surface area contributed by atoms with Crippen LogP contribution in [0.1, 0.15) is 5.56 Å². The number of aliphatic hydroxyl groups is 1. The number of fused-ring (bicyclic) bond motifs is 1. The van der Waals surface area contributed by atoms with Gasteiger partial charge in [-0.3, -0.25) is 24.0 Å². The van der Waals surface area contributed by atoms with Crippen LogP contribution in [0.3, 0.4) is 0 Å². The lowest BCUT2D eigenvalue weighted by molar-refractivity contribution is -0.384. The van der Waals surface area contributed by atoms with Crippen molar-refractivity contribution in [2.24, 2.45) is 19.2 Å². The summed E-state index contributed by atoms with van der Waals surface area (Å²) in [6.07, 6.45) is 1.42. The van der Waals surface area contributed by atoms with Crippen LogP contribution < -0.4 is 16.7 Å². The zero-order valence-corrected chi connectivity index (χ0v) is 15.1. The minimum Gasteiger partial charge on any atom is -0.395 e. The van der Waals surface area contributed by atoms with Gasteiger partial charge in [-0.2, -0.15) is 10.1 Å². The number of rotatable bonds is 6. The molecule has 0 saturated carbocycles. The summed E-state index contributed by atoms with van der Waals surface area (Å²) in [4.78, 5) is 39.0. The molecule has 1 aromatic carbocycles. The van der Waals surface area contributed by atoms with Crippen LogP contribution in [0.15, 0.2) is 39.0 Å². The molecule has 0 amide bonds. The summed E-state index contributed by atoms with van der Waals surface area (Å²) in [6, 6.07) is 5.75. The van der Waals surface area contributed by atoms with Crippen molar-refractivity contribution < 1.29 is 10.0 Å². The summed E-state index contributed by atoms with van der Waals surface area (Å²) in [6.45, 7) is -0.183. The van der Waals surface area contributed by atoms with Crippen molar-refractivity contribution in [3.05, 3.63) is 60.8 Å². The van der Waals surface area contributed by atoms with Crippen molar-refractivity contribution >= 4 is 29.0 Å². The van der Waals surface area contributed by atoms with Crippen LogP contribution in [0.5, 0.6) is 0 Å². The predicted molar refractivity (Wildman–Crippen MR) is 102 cm³/mol. The second kappa shape index (κ2) is 7.44. The number of nitrogens with one attached hydrogen (secondary N) is 1. The summed E-state index contributed by atoms with van der Waals surface area (Å²) in [7, 11) is 2.85. The molecule has 0 aliphatic heterocycles. The fourth-order valence-corrected chi connectivity index (χ4v) is 2.70.